The highest BCUT2D eigenvalue weighted by atomic mass is 16.5. The first kappa shape index (κ1) is 14.4. The average molecular weight is 264 g/mol. The van der Waals surface area contributed by atoms with Crippen LogP contribution in [0.5, 0.6) is 5.75 Å². The molecule has 1 saturated heterocycles. The average Bonchev–Trinajstić information content (AvgIpc) is 2.44. The van der Waals surface area contributed by atoms with E-state index in [0.29, 0.717) is 0 Å². The molecular formula is C16H26NO2+. The fourth-order valence-corrected chi connectivity index (χ4v) is 2.45. The highest BCUT2D eigenvalue weighted by molar-refractivity contribution is 5.38. The fourth-order valence-electron chi connectivity index (χ4n) is 2.45. The number of unbranched alkanes of at least 4 members (excludes halogenated alkanes) is 1. The van der Waals surface area contributed by atoms with E-state index in [9.17, 15) is 0 Å². The Kier molecular flexibility index (Phi) is 5.67. The Hall–Kier alpha value is -1.06. The molecule has 0 bridgehead atoms. The first-order chi connectivity index (χ1) is 9.27. The molecule has 2 rings (SSSR count). The molecule has 3 heteroatoms. The molecule has 0 amide bonds. The lowest BCUT2D eigenvalue weighted by Crippen LogP contribution is -3.14. The van der Waals surface area contributed by atoms with Crippen LogP contribution >= 0.6 is 0 Å². The van der Waals surface area contributed by atoms with Gasteiger partial charge in [-0.05, 0) is 43.9 Å². The highest BCUT2D eigenvalue weighted by Gasteiger charge is 2.12. The molecule has 1 aromatic carbocycles. The molecule has 1 aliphatic rings. The van der Waals surface area contributed by atoms with E-state index in [0.717, 1.165) is 45.1 Å². The Morgan fingerprint density at radius 2 is 1.95 bits per heavy atom. The van der Waals surface area contributed by atoms with Gasteiger partial charge in [0.25, 0.3) is 0 Å². The fraction of sp³-hybridized carbons (Fsp3) is 0.625. The second-order valence-electron chi connectivity index (χ2n) is 5.37. The van der Waals surface area contributed by atoms with E-state index in [1.54, 1.807) is 4.90 Å². The van der Waals surface area contributed by atoms with Crippen LogP contribution in [0.1, 0.15) is 24.0 Å². The molecule has 0 unspecified atom stereocenters. The van der Waals surface area contributed by atoms with Gasteiger partial charge in [0.2, 0.25) is 0 Å². The second kappa shape index (κ2) is 7.51. The lowest BCUT2D eigenvalue weighted by molar-refractivity contribution is -0.908. The summed E-state index contributed by atoms with van der Waals surface area (Å²) < 4.78 is 11.2. The van der Waals surface area contributed by atoms with Crippen LogP contribution in [-0.4, -0.2) is 39.5 Å². The molecule has 106 valence electrons. The summed E-state index contributed by atoms with van der Waals surface area (Å²) in [5, 5.41) is 0. The van der Waals surface area contributed by atoms with Crippen molar-refractivity contribution in [1.82, 2.24) is 0 Å². The molecule has 0 saturated carbocycles. The van der Waals surface area contributed by atoms with Gasteiger partial charge in [0.15, 0.2) is 0 Å². The Balaban J connectivity index is 1.62. The number of nitrogens with one attached hydrogen (secondary N) is 1. The van der Waals surface area contributed by atoms with Crippen molar-refractivity contribution >= 4 is 0 Å². The molecule has 1 fully saturated rings. The number of hydrogen-bond acceptors (Lipinski definition) is 2. The lowest BCUT2D eigenvalue weighted by atomic mass is 10.1. The number of quaternary nitrogens is 1. The molecule has 3 nitrogen and oxygen atoms in total. The Morgan fingerprint density at radius 3 is 2.74 bits per heavy atom. The van der Waals surface area contributed by atoms with Crippen molar-refractivity contribution < 1.29 is 14.4 Å². The zero-order chi connectivity index (χ0) is 13.5. The topological polar surface area (TPSA) is 22.9 Å². The van der Waals surface area contributed by atoms with Gasteiger partial charge in [-0.3, -0.25) is 0 Å². The van der Waals surface area contributed by atoms with Gasteiger partial charge >= 0.3 is 0 Å². The van der Waals surface area contributed by atoms with Crippen LogP contribution in [0.25, 0.3) is 0 Å². The summed E-state index contributed by atoms with van der Waals surface area (Å²) in [4.78, 5) is 1.68. The molecule has 0 radical (unpaired) electrons. The number of rotatable bonds is 6. The first-order valence-corrected chi connectivity index (χ1v) is 7.37. The minimum Gasteiger partial charge on any atom is -0.493 e. The smallest absolute Gasteiger partial charge is 0.122 e. The summed E-state index contributed by atoms with van der Waals surface area (Å²) in [7, 11) is 0. The molecule has 1 aromatic rings. The summed E-state index contributed by atoms with van der Waals surface area (Å²) in [6.45, 7) is 10.5. The largest absolute Gasteiger partial charge is 0.493 e. The van der Waals surface area contributed by atoms with Crippen molar-refractivity contribution in [2.45, 2.75) is 26.7 Å². The normalized spacial score (nSPS) is 16.5. The van der Waals surface area contributed by atoms with Crippen molar-refractivity contribution in [2.24, 2.45) is 0 Å². The van der Waals surface area contributed by atoms with Gasteiger partial charge in [-0.25, -0.2) is 0 Å². The van der Waals surface area contributed by atoms with Crippen LogP contribution < -0.4 is 9.64 Å². The van der Waals surface area contributed by atoms with E-state index in [1.807, 2.05) is 0 Å². The van der Waals surface area contributed by atoms with E-state index in [2.05, 4.69) is 32.0 Å². The maximum Gasteiger partial charge on any atom is 0.122 e. The number of hydrogen-bond donors (Lipinski definition) is 1. The minimum atomic E-state index is 0.827. The molecule has 1 N–H and O–H groups in total. The standard InChI is InChI=1S/C16H25NO2/c1-14-6-5-7-16(15(14)2)19-11-4-3-8-17-9-12-18-13-10-17/h5-7H,3-4,8-13H2,1-2H3/p+1. The van der Waals surface area contributed by atoms with E-state index < -0.39 is 0 Å². The highest BCUT2D eigenvalue weighted by Crippen LogP contribution is 2.20. The van der Waals surface area contributed by atoms with Crippen molar-refractivity contribution in [3.8, 4) is 5.75 Å². The molecule has 19 heavy (non-hydrogen) atoms. The van der Waals surface area contributed by atoms with Crippen LogP contribution in [0.15, 0.2) is 18.2 Å². The van der Waals surface area contributed by atoms with Crippen molar-refractivity contribution in [3.05, 3.63) is 29.3 Å². The summed E-state index contributed by atoms with van der Waals surface area (Å²) in [5.74, 6) is 1.04. The van der Waals surface area contributed by atoms with Crippen LogP contribution in [0.2, 0.25) is 0 Å². The van der Waals surface area contributed by atoms with Gasteiger partial charge in [-0.2, -0.15) is 0 Å². The monoisotopic (exact) mass is 264 g/mol. The molecule has 0 atom stereocenters. The summed E-state index contributed by atoms with van der Waals surface area (Å²) in [6.07, 6.45) is 2.37. The van der Waals surface area contributed by atoms with E-state index in [4.69, 9.17) is 9.47 Å². The van der Waals surface area contributed by atoms with Crippen LogP contribution in [0.4, 0.5) is 0 Å². The maximum absolute atomic E-state index is 5.87. The molecule has 1 aliphatic heterocycles. The predicted octanol–water partition coefficient (Wildman–Crippen LogP) is 1.38. The van der Waals surface area contributed by atoms with E-state index in [1.165, 1.54) is 24.1 Å². The molecular weight excluding hydrogens is 238 g/mol. The number of morpholine rings is 1. The van der Waals surface area contributed by atoms with Crippen molar-refractivity contribution in [2.75, 3.05) is 39.5 Å². The molecule has 0 aliphatic carbocycles. The van der Waals surface area contributed by atoms with Gasteiger partial charge < -0.3 is 14.4 Å². The second-order valence-corrected chi connectivity index (χ2v) is 5.37. The third-order valence-corrected chi connectivity index (χ3v) is 3.94. The minimum absolute atomic E-state index is 0.827. The van der Waals surface area contributed by atoms with Gasteiger partial charge in [-0.15, -0.1) is 0 Å². The third kappa shape index (κ3) is 4.51. The number of ether oxygens (including phenoxy) is 2. The Morgan fingerprint density at radius 1 is 1.16 bits per heavy atom. The summed E-state index contributed by atoms with van der Waals surface area (Å²) in [6, 6.07) is 6.26. The first-order valence-electron chi connectivity index (χ1n) is 7.37. The SMILES string of the molecule is Cc1cccc(OCCCC[NH+]2CCOCC2)c1C. The zero-order valence-corrected chi connectivity index (χ0v) is 12.2. The van der Waals surface area contributed by atoms with Crippen LogP contribution in [-0.2, 0) is 4.74 Å². The Labute approximate surface area is 116 Å². The molecule has 1 heterocycles. The number of benzene rings is 1. The van der Waals surface area contributed by atoms with Gasteiger partial charge in [0.1, 0.15) is 18.8 Å². The van der Waals surface area contributed by atoms with Crippen LogP contribution in [0, 0.1) is 13.8 Å². The predicted molar refractivity (Wildman–Crippen MR) is 77.0 cm³/mol. The van der Waals surface area contributed by atoms with Gasteiger partial charge in [0, 0.05) is 0 Å². The Bertz CT molecular complexity index is 386. The van der Waals surface area contributed by atoms with Gasteiger partial charge in [0.05, 0.1) is 26.4 Å². The lowest BCUT2D eigenvalue weighted by Gasteiger charge is -2.23. The summed E-state index contributed by atoms with van der Waals surface area (Å²) >= 11 is 0. The molecule has 0 spiro atoms. The quantitative estimate of drug-likeness (QED) is 0.785. The van der Waals surface area contributed by atoms with Crippen LogP contribution in [0.3, 0.4) is 0 Å². The number of aryl methyl sites for hydroxylation is 1. The van der Waals surface area contributed by atoms with E-state index in [-0.39, 0.29) is 0 Å². The zero-order valence-electron chi connectivity index (χ0n) is 12.2. The van der Waals surface area contributed by atoms with Crippen molar-refractivity contribution in [1.29, 1.82) is 0 Å². The van der Waals surface area contributed by atoms with Gasteiger partial charge in [-0.1, -0.05) is 12.1 Å². The molecule has 0 aromatic heterocycles. The van der Waals surface area contributed by atoms with E-state index >= 15 is 0 Å². The van der Waals surface area contributed by atoms with Crippen molar-refractivity contribution in [3.63, 3.8) is 0 Å². The third-order valence-electron chi connectivity index (χ3n) is 3.94. The maximum atomic E-state index is 5.87. The summed E-state index contributed by atoms with van der Waals surface area (Å²) in [5.41, 5.74) is 2.57.